The van der Waals surface area contributed by atoms with Gasteiger partial charge in [-0.25, -0.2) is 4.39 Å². The predicted octanol–water partition coefficient (Wildman–Crippen LogP) is 5.78. The molecule has 2 fully saturated rings. The molecule has 1 heterocycles. The van der Waals surface area contributed by atoms with Crippen molar-refractivity contribution in [3.8, 4) is 5.75 Å². The van der Waals surface area contributed by atoms with Crippen molar-refractivity contribution in [2.45, 2.75) is 69.5 Å². The molecule has 1 saturated heterocycles. The van der Waals surface area contributed by atoms with E-state index in [1.807, 2.05) is 6.08 Å². The second kappa shape index (κ2) is 10.4. The first-order valence-corrected chi connectivity index (χ1v) is 10.5. The van der Waals surface area contributed by atoms with Crippen molar-refractivity contribution in [1.82, 2.24) is 0 Å². The quantitative estimate of drug-likeness (QED) is 0.523. The number of hydrogen-bond acceptors (Lipinski definition) is 3. The summed E-state index contributed by atoms with van der Waals surface area (Å²) in [5.74, 6) is -1.19. The van der Waals surface area contributed by atoms with E-state index < -0.39 is 11.6 Å². The molecule has 2 atom stereocenters. The molecule has 1 aliphatic carbocycles. The van der Waals surface area contributed by atoms with Gasteiger partial charge < -0.3 is 14.2 Å². The fourth-order valence-electron chi connectivity index (χ4n) is 4.36. The summed E-state index contributed by atoms with van der Waals surface area (Å²) in [6.45, 7) is 5.26. The van der Waals surface area contributed by atoms with Gasteiger partial charge in [-0.2, -0.15) is 4.39 Å². The minimum absolute atomic E-state index is 0.0419. The first-order chi connectivity index (χ1) is 13.6. The van der Waals surface area contributed by atoms with Gasteiger partial charge in [0.1, 0.15) is 0 Å². The van der Waals surface area contributed by atoms with Crippen molar-refractivity contribution in [3.05, 3.63) is 42.0 Å². The van der Waals surface area contributed by atoms with Crippen LogP contribution in [0.1, 0.15) is 62.8 Å². The molecule has 0 aromatic heterocycles. The Morgan fingerprint density at radius 2 is 1.89 bits per heavy atom. The molecule has 2 unspecified atom stereocenters. The molecule has 0 bridgehead atoms. The van der Waals surface area contributed by atoms with Gasteiger partial charge in [0.25, 0.3) is 0 Å². The van der Waals surface area contributed by atoms with Gasteiger partial charge in [-0.1, -0.05) is 12.1 Å². The number of allylic oxidation sites excluding steroid dienone is 1. The van der Waals surface area contributed by atoms with Crippen molar-refractivity contribution in [2.75, 3.05) is 20.3 Å². The zero-order valence-electron chi connectivity index (χ0n) is 16.8. The lowest BCUT2D eigenvalue weighted by molar-refractivity contribution is -0.0643. The number of halogens is 2. The molecule has 156 valence electrons. The molecule has 1 aromatic carbocycles. The van der Waals surface area contributed by atoms with Gasteiger partial charge in [0.2, 0.25) is 5.82 Å². The first-order valence-electron chi connectivity index (χ1n) is 10.5. The van der Waals surface area contributed by atoms with Crippen LogP contribution in [0, 0.1) is 17.6 Å². The highest BCUT2D eigenvalue weighted by Gasteiger charge is 2.28. The Hall–Kier alpha value is -1.46. The maximum Gasteiger partial charge on any atom is 0.200 e. The Kier molecular flexibility index (Phi) is 7.86. The van der Waals surface area contributed by atoms with E-state index >= 15 is 0 Å². The molecular formula is C23H32F2O3. The van der Waals surface area contributed by atoms with Gasteiger partial charge in [0.15, 0.2) is 11.6 Å². The van der Waals surface area contributed by atoms with Crippen LogP contribution >= 0.6 is 0 Å². The Morgan fingerprint density at radius 1 is 1.11 bits per heavy atom. The Labute approximate surface area is 167 Å². The van der Waals surface area contributed by atoms with E-state index in [2.05, 4.69) is 6.58 Å². The summed E-state index contributed by atoms with van der Waals surface area (Å²) in [6.07, 6.45) is 10.2. The molecular weight excluding hydrogens is 362 g/mol. The van der Waals surface area contributed by atoms with E-state index in [4.69, 9.17) is 14.2 Å². The Bertz CT molecular complexity index is 633. The molecule has 0 amide bonds. The number of rotatable bonds is 8. The normalized spacial score (nSPS) is 28.1. The third-order valence-corrected chi connectivity index (χ3v) is 6.14. The average molecular weight is 395 g/mol. The molecule has 3 nitrogen and oxygen atoms in total. The van der Waals surface area contributed by atoms with Gasteiger partial charge >= 0.3 is 0 Å². The van der Waals surface area contributed by atoms with Crippen LogP contribution < -0.4 is 4.74 Å². The number of hydrogen-bond donors (Lipinski definition) is 0. The molecule has 2 aliphatic rings. The van der Waals surface area contributed by atoms with Gasteiger partial charge in [0.05, 0.1) is 32.5 Å². The highest BCUT2D eigenvalue weighted by Crippen LogP contribution is 2.37. The van der Waals surface area contributed by atoms with E-state index in [0.29, 0.717) is 17.6 Å². The minimum Gasteiger partial charge on any atom is -0.494 e. The third-order valence-electron chi connectivity index (χ3n) is 6.14. The highest BCUT2D eigenvalue weighted by molar-refractivity contribution is 5.33. The molecule has 1 saturated carbocycles. The van der Waals surface area contributed by atoms with Crippen molar-refractivity contribution < 1.29 is 23.0 Å². The van der Waals surface area contributed by atoms with Crippen molar-refractivity contribution in [3.63, 3.8) is 0 Å². The van der Waals surface area contributed by atoms with Crippen LogP contribution in [0.3, 0.4) is 0 Å². The van der Waals surface area contributed by atoms with Crippen molar-refractivity contribution in [2.24, 2.45) is 5.92 Å². The highest BCUT2D eigenvalue weighted by atomic mass is 19.2. The summed E-state index contributed by atoms with van der Waals surface area (Å²) in [7, 11) is 1.35. The van der Waals surface area contributed by atoms with Crippen LogP contribution in [-0.4, -0.2) is 32.5 Å². The van der Waals surface area contributed by atoms with Crippen LogP contribution in [0.2, 0.25) is 0 Å². The van der Waals surface area contributed by atoms with E-state index in [-0.39, 0.29) is 17.8 Å². The Morgan fingerprint density at radius 3 is 2.54 bits per heavy atom. The van der Waals surface area contributed by atoms with Crippen LogP contribution in [0.25, 0.3) is 0 Å². The summed E-state index contributed by atoms with van der Waals surface area (Å²) < 4.78 is 45.2. The van der Waals surface area contributed by atoms with E-state index in [1.54, 1.807) is 6.07 Å². The minimum atomic E-state index is -0.887. The molecule has 28 heavy (non-hydrogen) atoms. The summed E-state index contributed by atoms with van der Waals surface area (Å²) in [5.41, 5.74) is 0.461. The van der Waals surface area contributed by atoms with Crippen LogP contribution in [0.4, 0.5) is 8.78 Å². The van der Waals surface area contributed by atoms with Crippen LogP contribution in [0.15, 0.2) is 24.8 Å². The second-order valence-electron chi connectivity index (χ2n) is 8.06. The number of ether oxygens (including phenoxy) is 3. The molecule has 1 aromatic rings. The lowest BCUT2D eigenvalue weighted by Gasteiger charge is -2.32. The van der Waals surface area contributed by atoms with Gasteiger partial charge in [-0.15, -0.1) is 6.58 Å². The monoisotopic (exact) mass is 394 g/mol. The lowest BCUT2D eigenvalue weighted by Crippen LogP contribution is -2.31. The third kappa shape index (κ3) is 5.32. The molecule has 5 heteroatoms. The fourth-order valence-corrected chi connectivity index (χ4v) is 4.36. The summed E-state index contributed by atoms with van der Waals surface area (Å²) in [6, 6.07) is 3.17. The van der Waals surface area contributed by atoms with E-state index in [0.717, 1.165) is 64.6 Å². The first kappa shape index (κ1) is 21.3. The zero-order chi connectivity index (χ0) is 19.9. The topological polar surface area (TPSA) is 27.7 Å². The Balaban J connectivity index is 1.40. The number of benzene rings is 1. The van der Waals surface area contributed by atoms with E-state index in [1.165, 1.54) is 13.2 Å². The lowest BCUT2D eigenvalue weighted by atomic mass is 9.82. The van der Waals surface area contributed by atoms with Crippen molar-refractivity contribution in [1.29, 1.82) is 0 Å². The van der Waals surface area contributed by atoms with E-state index in [9.17, 15) is 8.78 Å². The van der Waals surface area contributed by atoms with Gasteiger partial charge in [0, 0.05) is 5.92 Å². The molecule has 3 rings (SSSR count). The predicted molar refractivity (Wildman–Crippen MR) is 106 cm³/mol. The molecule has 0 spiro atoms. The van der Waals surface area contributed by atoms with Gasteiger partial charge in [-0.3, -0.25) is 0 Å². The molecule has 0 radical (unpaired) electrons. The molecule has 0 N–H and O–H groups in total. The van der Waals surface area contributed by atoms with Crippen molar-refractivity contribution >= 4 is 0 Å². The summed E-state index contributed by atoms with van der Waals surface area (Å²) in [5, 5.41) is 0. The van der Waals surface area contributed by atoms with Gasteiger partial charge in [-0.05, 0) is 68.9 Å². The average Bonchev–Trinajstić information content (AvgIpc) is 2.74. The van der Waals surface area contributed by atoms with Crippen LogP contribution in [-0.2, 0) is 9.47 Å². The SMILES string of the molecule is C=CCCC1CCC(COC2CCC(c3ccc(OC)c(F)c3F)CC2)CO1. The zero-order valence-corrected chi connectivity index (χ0v) is 16.8. The molecule has 1 aliphatic heterocycles. The smallest absolute Gasteiger partial charge is 0.200 e. The maximum absolute atomic E-state index is 14.3. The summed E-state index contributed by atoms with van der Waals surface area (Å²) >= 11 is 0. The number of methoxy groups -OCH3 is 1. The standard InChI is InChI=1S/C23H32F2O3/c1-3-4-5-18-9-6-16(14-27-18)15-28-19-10-7-17(8-11-19)20-12-13-21(26-2)23(25)22(20)24/h3,12-13,16-19H,1,4-11,14-15H2,2H3. The fraction of sp³-hybridized carbons (Fsp3) is 0.652. The maximum atomic E-state index is 14.3. The largest absolute Gasteiger partial charge is 0.494 e. The summed E-state index contributed by atoms with van der Waals surface area (Å²) in [4.78, 5) is 0. The van der Waals surface area contributed by atoms with Crippen LogP contribution in [0.5, 0.6) is 5.75 Å². The second-order valence-corrected chi connectivity index (χ2v) is 8.06.